The molecular formula is C11H23NO. The maximum absolute atomic E-state index is 4.72. The lowest BCUT2D eigenvalue weighted by atomic mass is 10.6. The van der Waals surface area contributed by atoms with Gasteiger partial charge in [0.1, 0.15) is 5.76 Å². The molecule has 0 saturated heterocycles. The number of aryl methyl sites for hydroxylation is 1. The fourth-order valence-electron chi connectivity index (χ4n) is 0.279. The Kier molecular flexibility index (Phi) is 30.9. The van der Waals surface area contributed by atoms with Crippen LogP contribution in [0.3, 0.4) is 0 Å². The molecule has 1 heterocycles. The maximum atomic E-state index is 4.72. The van der Waals surface area contributed by atoms with Crippen molar-refractivity contribution in [3.05, 3.63) is 31.0 Å². The number of oxazole rings is 1. The van der Waals surface area contributed by atoms with E-state index in [1.165, 1.54) is 6.39 Å². The minimum absolute atomic E-state index is 0.856. The van der Waals surface area contributed by atoms with Crippen LogP contribution in [-0.4, -0.2) is 4.98 Å². The van der Waals surface area contributed by atoms with Crippen molar-refractivity contribution in [3.8, 4) is 0 Å². The van der Waals surface area contributed by atoms with Gasteiger partial charge in [0.2, 0.25) is 0 Å². The van der Waals surface area contributed by atoms with E-state index in [0.29, 0.717) is 0 Å². The Morgan fingerprint density at radius 2 is 1.69 bits per heavy atom. The molecule has 0 N–H and O–H groups in total. The SMILES string of the molecule is C=CC.CC.CC.Cc1cnco1. The molecular weight excluding hydrogens is 162 g/mol. The highest BCUT2D eigenvalue weighted by Gasteiger charge is 1.77. The standard InChI is InChI=1S/C4H5NO.C3H6.2C2H6/c1-4-2-5-3-6-4;1-3-2;2*1-2/h2-3H,1H3;3H,1H2,2H3;2*1-2H3. The maximum Gasteiger partial charge on any atom is 0.180 e. The Morgan fingerprint density at radius 1 is 1.31 bits per heavy atom. The smallest absolute Gasteiger partial charge is 0.180 e. The summed E-state index contributed by atoms with van der Waals surface area (Å²) in [6, 6.07) is 0. The fraction of sp³-hybridized carbons (Fsp3) is 0.545. The van der Waals surface area contributed by atoms with Crippen molar-refractivity contribution in [2.24, 2.45) is 0 Å². The topological polar surface area (TPSA) is 26.0 Å². The van der Waals surface area contributed by atoms with E-state index in [1.807, 2.05) is 41.5 Å². The number of nitrogens with zero attached hydrogens (tertiary/aromatic N) is 1. The van der Waals surface area contributed by atoms with Gasteiger partial charge in [0.15, 0.2) is 6.39 Å². The molecule has 0 unspecified atom stereocenters. The van der Waals surface area contributed by atoms with Gasteiger partial charge < -0.3 is 4.42 Å². The van der Waals surface area contributed by atoms with Crippen molar-refractivity contribution in [3.63, 3.8) is 0 Å². The van der Waals surface area contributed by atoms with Crippen LogP contribution in [0.1, 0.15) is 40.4 Å². The number of aromatic nitrogens is 1. The number of hydrogen-bond acceptors (Lipinski definition) is 2. The molecule has 1 rings (SSSR count). The minimum Gasteiger partial charge on any atom is -0.449 e. The molecule has 0 aliphatic heterocycles. The Morgan fingerprint density at radius 3 is 1.77 bits per heavy atom. The molecule has 78 valence electrons. The molecule has 13 heavy (non-hydrogen) atoms. The fourth-order valence-corrected chi connectivity index (χ4v) is 0.279. The van der Waals surface area contributed by atoms with E-state index in [9.17, 15) is 0 Å². The van der Waals surface area contributed by atoms with Crippen LogP contribution in [0.2, 0.25) is 0 Å². The van der Waals surface area contributed by atoms with Crippen LogP contribution in [0, 0.1) is 6.92 Å². The largest absolute Gasteiger partial charge is 0.449 e. The van der Waals surface area contributed by atoms with E-state index < -0.39 is 0 Å². The molecule has 0 fully saturated rings. The number of hydrogen-bond donors (Lipinski definition) is 0. The van der Waals surface area contributed by atoms with Gasteiger partial charge in [-0.15, -0.1) is 6.58 Å². The lowest BCUT2D eigenvalue weighted by Gasteiger charge is -1.66. The summed E-state index contributed by atoms with van der Waals surface area (Å²) >= 11 is 0. The molecule has 0 atom stereocenters. The quantitative estimate of drug-likeness (QED) is 0.565. The highest BCUT2D eigenvalue weighted by molar-refractivity contribution is 4.80. The predicted octanol–water partition coefficient (Wildman–Crippen LogP) is 4.23. The van der Waals surface area contributed by atoms with Gasteiger partial charge in [-0.05, 0) is 13.8 Å². The van der Waals surface area contributed by atoms with Crippen molar-refractivity contribution in [1.29, 1.82) is 0 Å². The zero-order valence-corrected chi connectivity index (χ0v) is 9.79. The third-order valence-corrected chi connectivity index (χ3v) is 0.556. The van der Waals surface area contributed by atoms with Crippen LogP contribution in [0.15, 0.2) is 29.7 Å². The number of allylic oxidation sites excluding steroid dienone is 1. The number of rotatable bonds is 0. The van der Waals surface area contributed by atoms with Gasteiger partial charge in [-0.25, -0.2) is 4.98 Å². The first-order chi connectivity index (χ1) is 6.31. The average molecular weight is 185 g/mol. The molecule has 1 aromatic rings. The summed E-state index contributed by atoms with van der Waals surface area (Å²) in [5, 5.41) is 0. The third kappa shape index (κ3) is 24.8. The second-order valence-electron chi connectivity index (χ2n) is 1.52. The summed E-state index contributed by atoms with van der Waals surface area (Å²) in [5.41, 5.74) is 0. The van der Waals surface area contributed by atoms with Crippen molar-refractivity contribution < 1.29 is 4.42 Å². The molecule has 0 aliphatic carbocycles. The predicted molar refractivity (Wildman–Crippen MR) is 59.8 cm³/mol. The molecule has 0 spiro atoms. The Hall–Kier alpha value is -1.05. The molecule has 2 heteroatoms. The zero-order valence-electron chi connectivity index (χ0n) is 9.79. The Labute approximate surface area is 82.7 Å². The molecule has 0 amide bonds. The van der Waals surface area contributed by atoms with E-state index >= 15 is 0 Å². The van der Waals surface area contributed by atoms with E-state index in [4.69, 9.17) is 4.42 Å². The lowest BCUT2D eigenvalue weighted by molar-refractivity contribution is 0.527. The van der Waals surface area contributed by atoms with Crippen LogP contribution in [0.25, 0.3) is 0 Å². The molecule has 0 radical (unpaired) electrons. The van der Waals surface area contributed by atoms with Gasteiger partial charge in [-0.3, -0.25) is 0 Å². The third-order valence-electron chi connectivity index (χ3n) is 0.556. The first-order valence-corrected chi connectivity index (χ1v) is 4.73. The van der Waals surface area contributed by atoms with E-state index in [2.05, 4.69) is 11.6 Å². The van der Waals surface area contributed by atoms with Gasteiger partial charge in [-0.1, -0.05) is 33.8 Å². The second-order valence-corrected chi connectivity index (χ2v) is 1.52. The van der Waals surface area contributed by atoms with E-state index in [1.54, 1.807) is 12.3 Å². The van der Waals surface area contributed by atoms with E-state index in [0.717, 1.165) is 5.76 Å². The first kappa shape index (κ1) is 17.9. The van der Waals surface area contributed by atoms with Crippen LogP contribution in [0.4, 0.5) is 0 Å². The highest BCUT2D eigenvalue weighted by atomic mass is 16.3. The highest BCUT2D eigenvalue weighted by Crippen LogP contribution is 1.88. The van der Waals surface area contributed by atoms with Crippen molar-refractivity contribution >= 4 is 0 Å². The van der Waals surface area contributed by atoms with Crippen molar-refractivity contribution in [2.45, 2.75) is 41.5 Å². The summed E-state index contributed by atoms with van der Waals surface area (Å²) < 4.78 is 4.72. The molecule has 0 aliphatic rings. The molecule has 2 nitrogen and oxygen atoms in total. The molecule has 1 aromatic heterocycles. The second kappa shape index (κ2) is 22.4. The molecule has 0 bridgehead atoms. The summed E-state index contributed by atoms with van der Waals surface area (Å²) in [6.07, 6.45) is 4.83. The monoisotopic (exact) mass is 185 g/mol. The zero-order chi connectivity index (χ0) is 11.1. The average Bonchev–Trinajstić information content (AvgIpc) is 2.64. The summed E-state index contributed by atoms with van der Waals surface area (Å²) in [4.78, 5) is 3.66. The van der Waals surface area contributed by atoms with Gasteiger partial charge in [0.05, 0.1) is 6.20 Å². The van der Waals surface area contributed by atoms with Gasteiger partial charge in [0.25, 0.3) is 0 Å². The summed E-state index contributed by atoms with van der Waals surface area (Å²) in [5.74, 6) is 0.856. The van der Waals surface area contributed by atoms with Crippen molar-refractivity contribution in [1.82, 2.24) is 4.98 Å². The van der Waals surface area contributed by atoms with Crippen LogP contribution >= 0.6 is 0 Å². The Balaban J connectivity index is -0.000000124. The minimum atomic E-state index is 0.856. The van der Waals surface area contributed by atoms with Gasteiger partial charge >= 0.3 is 0 Å². The Bertz CT molecular complexity index is 145. The normalized spacial score (nSPS) is 6.00. The molecule has 0 saturated carbocycles. The molecule has 0 aromatic carbocycles. The van der Waals surface area contributed by atoms with Crippen LogP contribution in [0.5, 0.6) is 0 Å². The summed E-state index contributed by atoms with van der Waals surface area (Å²) in [7, 11) is 0. The summed E-state index contributed by atoms with van der Waals surface area (Å²) in [6.45, 7) is 15.1. The lowest BCUT2D eigenvalue weighted by Crippen LogP contribution is -1.50. The van der Waals surface area contributed by atoms with Crippen LogP contribution < -0.4 is 0 Å². The van der Waals surface area contributed by atoms with E-state index in [-0.39, 0.29) is 0 Å². The van der Waals surface area contributed by atoms with Gasteiger partial charge in [-0.2, -0.15) is 0 Å². The first-order valence-electron chi connectivity index (χ1n) is 4.73. The van der Waals surface area contributed by atoms with Crippen molar-refractivity contribution in [2.75, 3.05) is 0 Å². The van der Waals surface area contributed by atoms with Crippen LogP contribution in [-0.2, 0) is 0 Å². The van der Waals surface area contributed by atoms with Gasteiger partial charge in [0, 0.05) is 0 Å².